The van der Waals surface area contributed by atoms with Crippen molar-refractivity contribution in [2.45, 2.75) is 39.3 Å². The highest BCUT2D eigenvalue weighted by atomic mass is 19.4. The minimum absolute atomic E-state index is 0.0671. The first kappa shape index (κ1) is 13.9. The zero-order chi connectivity index (χ0) is 13.3. The molecule has 0 amide bonds. The number of nitrogens with one attached hydrogen (secondary N) is 1. The molecule has 17 heavy (non-hydrogen) atoms. The first-order valence-electron chi connectivity index (χ1n) is 5.51. The van der Waals surface area contributed by atoms with Crippen molar-refractivity contribution in [3.05, 3.63) is 29.3 Å². The van der Waals surface area contributed by atoms with Gasteiger partial charge in [-0.1, -0.05) is 32.9 Å². The molecule has 1 aromatic rings. The fourth-order valence-corrected chi connectivity index (χ4v) is 1.47. The Kier molecular flexibility index (Phi) is 3.74. The predicted octanol–water partition coefficient (Wildman–Crippen LogP) is 4.27. The van der Waals surface area contributed by atoms with Crippen LogP contribution in [0.4, 0.5) is 18.9 Å². The molecule has 0 bridgehead atoms. The maximum Gasteiger partial charge on any atom is 0.405 e. The lowest BCUT2D eigenvalue weighted by Gasteiger charge is -2.21. The van der Waals surface area contributed by atoms with Crippen LogP contribution in [0.15, 0.2) is 18.2 Å². The topological polar surface area (TPSA) is 12.0 Å². The Hall–Kier alpha value is -1.19. The first-order chi connectivity index (χ1) is 7.59. The van der Waals surface area contributed by atoms with E-state index in [9.17, 15) is 13.2 Å². The number of anilines is 1. The molecule has 1 rings (SSSR count). The summed E-state index contributed by atoms with van der Waals surface area (Å²) in [4.78, 5) is 0. The van der Waals surface area contributed by atoms with Crippen molar-refractivity contribution in [2.75, 3.05) is 11.9 Å². The number of halogens is 3. The Morgan fingerprint density at radius 2 is 1.71 bits per heavy atom. The molecule has 96 valence electrons. The maximum atomic E-state index is 12.1. The molecule has 0 unspecified atom stereocenters. The van der Waals surface area contributed by atoms with Gasteiger partial charge >= 0.3 is 6.18 Å². The molecule has 4 heteroatoms. The molecule has 0 spiro atoms. The molecule has 0 aliphatic rings. The highest BCUT2D eigenvalue weighted by Gasteiger charge is 2.27. The summed E-state index contributed by atoms with van der Waals surface area (Å²) in [6.07, 6.45) is -4.19. The van der Waals surface area contributed by atoms with Crippen molar-refractivity contribution in [3.63, 3.8) is 0 Å². The van der Waals surface area contributed by atoms with Crippen molar-refractivity contribution < 1.29 is 13.2 Å². The van der Waals surface area contributed by atoms with Crippen molar-refractivity contribution in [1.29, 1.82) is 0 Å². The second kappa shape index (κ2) is 4.59. The van der Waals surface area contributed by atoms with E-state index < -0.39 is 12.7 Å². The Bertz CT molecular complexity index is 389. The minimum atomic E-state index is -4.19. The third kappa shape index (κ3) is 4.29. The van der Waals surface area contributed by atoms with E-state index in [0.717, 1.165) is 11.1 Å². The van der Waals surface area contributed by atoms with Gasteiger partial charge in [-0.25, -0.2) is 0 Å². The first-order valence-corrected chi connectivity index (χ1v) is 5.51. The molecule has 0 aromatic heterocycles. The minimum Gasteiger partial charge on any atom is -0.376 e. The number of aryl methyl sites for hydroxylation is 1. The van der Waals surface area contributed by atoms with Crippen LogP contribution in [0.2, 0.25) is 0 Å². The number of benzene rings is 1. The molecular weight excluding hydrogens is 227 g/mol. The number of hydrogen-bond acceptors (Lipinski definition) is 1. The summed E-state index contributed by atoms with van der Waals surface area (Å²) in [6.45, 7) is 6.90. The molecule has 1 nitrogen and oxygen atoms in total. The van der Waals surface area contributed by atoms with Gasteiger partial charge in [0.2, 0.25) is 0 Å². The standard InChI is InChI=1S/C13H18F3N/c1-9-5-6-10(12(2,3)4)7-11(9)17-8-13(14,15)16/h5-7,17H,8H2,1-4H3. The summed E-state index contributed by atoms with van der Waals surface area (Å²) in [6, 6.07) is 5.59. The summed E-state index contributed by atoms with van der Waals surface area (Å²) < 4.78 is 36.4. The van der Waals surface area contributed by atoms with Crippen molar-refractivity contribution in [1.82, 2.24) is 0 Å². The number of hydrogen-bond donors (Lipinski definition) is 1. The van der Waals surface area contributed by atoms with Crippen LogP contribution < -0.4 is 5.32 Å². The van der Waals surface area contributed by atoms with Crippen LogP contribution >= 0.6 is 0 Å². The normalized spacial score (nSPS) is 12.6. The molecule has 0 fully saturated rings. The van der Waals surface area contributed by atoms with E-state index in [2.05, 4.69) is 5.32 Å². The SMILES string of the molecule is Cc1ccc(C(C)(C)C)cc1NCC(F)(F)F. The summed E-state index contributed by atoms with van der Waals surface area (Å²) in [5.41, 5.74) is 2.33. The van der Waals surface area contributed by atoms with Crippen LogP contribution in [0.25, 0.3) is 0 Å². The van der Waals surface area contributed by atoms with Crippen LogP contribution in [0.3, 0.4) is 0 Å². The van der Waals surface area contributed by atoms with Gasteiger partial charge in [-0.3, -0.25) is 0 Å². The molecule has 0 heterocycles. The molecule has 0 aliphatic heterocycles. The highest BCUT2D eigenvalue weighted by molar-refractivity contribution is 5.53. The summed E-state index contributed by atoms with van der Waals surface area (Å²) in [7, 11) is 0. The van der Waals surface area contributed by atoms with Crippen molar-refractivity contribution >= 4 is 5.69 Å². The van der Waals surface area contributed by atoms with Gasteiger partial charge in [0.05, 0.1) is 0 Å². The van der Waals surface area contributed by atoms with Crippen molar-refractivity contribution in [2.24, 2.45) is 0 Å². The van der Waals surface area contributed by atoms with E-state index in [4.69, 9.17) is 0 Å². The average Bonchev–Trinajstić information content (AvgIpc) is 2.13. The Morgan fingerprint density at radius 3 is 2.18 bits per heavy atom. The molecule has 1 aromatic carbocycles. The largest absolute Gasteiger partial charge is 0.405 e. The number of rotatable bonds is 2. The van der Waals surface area contributed by atoms with E-state index in [1.165, 1.54) is 0 Å². The second-order valence-corrected chi connectivity index (χ2v) is 5.25. The molecule has 0 atom stereocenters. The molecule has 0 aliphatic carbocycles. The zero-order valence-corrected chi connectivity index (χ0v) is 10.6. The lowest BCUT2D eigenvalue weighted by atomic mass is 9.86. The van der Waals surface area contributed by atoms with Gasteiger partial charge in [-0.05, 0) is 29.5 Å². The van der Waals surface area contributed by atoms with Gasteiger partial charge < -0.3 is 5.32 Å². The fourth-order valence-electron chi connectivity index (χ4n) is 1.47. The smallest absolute Gasteiger partial charge is 0.376 e. The van der Waals surface area contributed by atoms with E-state index in [1.807, 2.05) is 32.9 Å². The van der Waals surface area contributed by atoms with Gasteiger partial charge in [0.25, 0.3) is 0 Å². The van der Waals surface area contributed by atoms with Gasteiger partial charge in [-0.15, -0.1) is 0 Å². The lowest BCUT2D eigenvalue weighted by molar-refractivity contribution is -0.115. The van der Waals surface area contributed by atoms with E-state index >= 15 is 0 Å². The van der Waals surface area contributed by atoms with Crippen LogP contribution in [0.1, 0.15) is 31.9 Å². The molecule has 0 saturated heterocycles. The van der Waals surface area contributed by atoms with Gasteiger partial charge in [0, 0.05) is 5.69 Å². The van der Waals surface area contributed by atoms with Crippen molar-refractivity contribution in [3.8, 4) is 0 Å². The van der Waals surface area contributed by atoms with Crippen LogP contribution in [-0.4, -0.2) is 12.7 Å². The van der Waals surface area contributed by atoms with Crippen LogP contribution in [0, 0.1) is 6.92 Å². The third-order valence-electron chi connectivity index (χ3n) is 2.58. The Balaban J connectivity index is 2.92. The lowest BCUT2D eigenvalue weighted by Crippen LogP contribution is -2.22. The van der Waals surface area contributed by atoms with Crippen LogP contribution in [-0.2, 0) is 5.41 Å². The van der Waals surface area contributed by atoms with Gasteiger partial charge in [-0.2, -0.15) is 13.2 Å². The number of alkyl halides is 3. The second-order valence-electron chi connectivity index (χ2n) is 5.25. The molecular formula is C13H18F3N. The molecule has 0 radical (unpaired) electrons. The van der Waals surface area contributed by atoms with E-state index in [0.29, 0.717) is 5.69 Å². The Labute approximate surface area is 100 Å². The third-order valence-corrected chi connectivity index (χ3v) is 2.58. The summed E-state index contributed by atoms with van der Waals surface area (Å²) in [5, 5.41) is 2.44. The summed E-state index contributed by atoms with van der Waals surface area (Å²) >= 11 is 0. The maximum absolute atomic E-state index is 12.1. The highest BCUT2D eigenvalue weighted by Crippen LogP contribution is 2.27. The quantitative estimate of drug-likeness (QED) is 0.820. The molecule has 1 N–H and O–H groups in total. The van der Waals surface area contributed by atoms with E-state index in [1.54, 1.807) is 13.0 Å². The Morgan fingerprint density at radius 1 is 1.12 bits per heavy atom. The average molecular weight is 245 g/mol. The zero-order valence-electron chi connectivity index (χ0n) is 10.6. The van der Waals surface area contributed by atoms with Gasteiger partial charge in [0.1, 0.15) is 6.54 Å². The molecule has 0 saturated carbocycles. The fraction of sp³-hybridized carbons (Fsp3) is 0.538. The van der Waals surface area contributed by atoms with Gasteiger partial charge in [0.15, 0.2) is 0 Å². The predicted molar refractivity (Wildman–Crippen MR) is 64.4 cm³/mol. The van der Waals surface area contributed by atoms with Crippen LogP contribution in [0.5, 0.6) is 0 Å². The summed E-state index contributed by atoms with van der Waals surface area (Å²) in [5.74, 6) is 0. The monoisotopic (exact) mass is 245 g/mol. The van der Waals surface area contributed by atoms with E-state index in [-0.39, 0.29) is 5.41 Å².